The van der Waals surface area contributed by atoms with Crippen molar-refractivity contribution in [3.63, 3.8) is 0 Å². The van der Waals surface area contributed by atoms with E-state index in [9.17, 15) is 0 Å². The smallest absolute Gasteiger partial charge is 0.119 e. The predicted molar refractivity (Wildman–Crippen MR) is 77.7 cm³/mol. The summed E-state index contributed by atoms with van der Waals surface area (Å²) in [5, 5.41) is 4.53. The standard InChI is InChI=1S/C16H20N2O/c1-17-10-14-12-5-3-4-6-15(12)18-16-8-7-11(19-2)9-13(14)16/h7-9,17H,3-6,10H2,1-2H3. The number of aromatic nitrogens is 1. The molecule has 0 aliphatic heterocycles. The van der Waals surface area contributed by atoms with Crippen LogP contribution in [0.1, 0.15) is 29.7 Å². The number of benzene rings is 1. The number of pyridine rings is 1. The van der Waals surface area contributed by atoms with Gasteiger partial charge in [0.2, 0.25) is 0 Å². The second-order valence-corrected chi connectivity index (χ2v) is 5.14. The van der Waals surface area contributed by atoms with E-state index in [0.29, 0.717) is 0 Å². The number of methoxy groups -OCH3 is 1. The number of hydrogen-bond donors (Lipinski definition) is 1. The lowest BCUT2D eigenvalue weighted by Crippen LogP contribution is -2.14. The van der Waals surface area contributed by atoms with Crippen LogP contribution in [0, 0.1) is 0 Å². The van der Waals surface area contributed by atoms with Gasteiger partial charge < -0.3 is 10.1 Å². The molecule has 2 aromatic rings. The first kappa shape index (κ1) is 12.4. The van der Waals surface area contributed by atoms with Crippen LogP contribution < -0.4 is 10.1 Å². The van der Waals surface area contributed by atoms with Crippen molar-refractivity contribution in [1.29, 1.82) is 0 Å². The Hall–Kier alpha value is -1.61. The second-order valence-electron chi connectivity index (χ2n) is 5.14. The van der Waals surface area contributed by atoms with Crippen molar-refractivity contribution in [1.82, 2.24) is 10.3 Å². The molecule has 0 fully saturated rings. The summed E-state index contributed by atoms with van der Waals surface area (Å²) < 4.78 is 5.35. The van der Waals surface area contributed by atoms with Gasteiger partial charge in [-0.15, -0.1) is 0 Å². The van der Waals surface area contributed by atoms with Crippen LogP contribution in [0.4, 0.5) is 0 Å². The summed E-state index contributed by atoms with van der Waals surface area (Å²) in [6.45, 7) is 0.897. The summed E-state index contributed by atoms with van der Waals surface area (Å²) >= 11 is 0. The van der Waals surface area contributed by atoms with E-state index in [2.05, 4.69) is 17.4 Å². The monoisotopic (exact) mass is 256 g/mol. The highest BCUT2D eigenvalue weighted by Gasteiger charge is 2.17. The van der Waals surface area contributed by atoms with Crippen LogP contribution >= 0.6 is 0 Å². The average molecular weight is 256 g/mol. The molecule has 0 bridgehead atoms. The van der Waals surface area contributed by atoms with Crippen molar-refractivity contribution in [2.45, 2.75) is 32.2 Å². The number of fused-ring (bicyclic) bond motifs is 2. The van der Waals surface area contributed by atoms with Crippen LogP contribution in [0.3, 0.4) is 0 Å². The SMILES string of the molecule is CNCc1c2c(nc3ccc(OC)cc13)CCCC2. The maximum Gasteiger partial charge on any atom is 0.119 e. The van der Waals surface area contributed by atoms with Crippen LogP contribution in [0.5, 0.6) is 5.75 Å². The molecule has 0 spiro atoms. The Kier molecular flexibility index (Phi) is 3.38. The molecule has 3 rings (SSSR count). The molecule has 0 saturated carbocycles. The Morgan fingerprint density at radius 3 is 2.89 bits per heavy atom. The van der Waals surface area contributed by atoms with E-state index >= 15 is 0 Å². The van der Waals surface area contributed by atoms with Gasteiger partial charge in [-0.25, -0.2) is 0 Å². The Morgan fingerprint density at radius 2 is 2.11 bits per heavy atom. The van der Waals surface area contributed by atoms with Crippen molar-refractivity contribution >= 4 is 10.9 Å². The molecular weight excluding hydrogens is 236 g/mol. The summed E-state index contributed by atoms with van der Waals surface area (Å²) in [6.07, 6.45) is 4.82. The van der Waals surface area contributed by atoms with Gasteiger partial charge in [0.1, 0.15) is 5.75 Å². The molecule has 1 N–H and O–H groups in total. The van der Waals surface area contributed by atoms with Crippen LogP contribution in [-0.2, 0) is 19.4 Å². The number of nitrogens with one attached hydrogen (secondary N) is 1. The Balaban J connectivity index is 2.26. The number of hydrogen-bond acceptors (Lipinski definition) is 3. The maximum atomic E-state index is 5.35. The van der Waals surface area contributed by atoms with Gasteiger partial charge in [0.15, 0.2) is 0 Å². The highest BCUT2D eigenvalue weighted by Crippen LogP contribution is 2.31. The molecule has 19 heavy (non-hydrogen) atoms. The number of ether oxygens (including phenoxy) is 1. The molecule has 1 aliphatic carbocycles. The third-order valence-electron chi connectivity index (χ3n) is 3.94. The third kappa shape index (κ3) is 2.19. The largest absolute Gasteiger partial charge is 0.497 e. The molecule has 1 aliphatic rings. The zero-order valence-corrected chi connectivity index (χ0v) is 11.6. The van der Waals surface area contributed by atoms with E-state index in [0.717, 1.165) is 30.7 Å². The van der Waals surface area contributed by atoms with E-state index in [1.165, 1.54) is 35.0 Å². The summed E-state index contributed by atoms with van der Waals surface area (Å²) in [6, 6.07) is 6.18. The zero-order chi connectivity index (χ0) is 13.2. The van der Waals surface area contributed by atoms with Gasteiger partial charge in [0, 0.05) is 17.6 Å². The van der Waals surface area contributed by atoms with Gasteiger partial charge in [0.05, 0.1) is 12.6 Å². The lowest BCUT2D eigenvalue weighted by Gasteiger charge is -2.21. The van der Waals surface area contributed by atoms with E-state index in [-0.39, 0.29) is 0 Å². The molecule has 0 saturated heterocycles. The van der Waals surface area contributed by atoms with Crippen molar-refractivity contribution in [3.05, 3.63) is 35.0 Å². The summed E-state index contributed by atoms with van der Waals surface area (Å²) in [5.41, 5.74) is 5.25. The molecule has 3 nitrogen and oxygen atoms in total. The Bertz CT molecular complexity index is 607. The van der Waals surface area contributed by atoms with Crippen LogP contribution in [0.25, 0.3) is 10.9 Å². The van der Waals surface area contributed by atoms with E-state index in [1.807, 2.05) is 13.1 Å². The van der Waals surface area contributed by atoms with Crippen molar-refractivity contribution in [2.75, 3.05) is 14.2 Å². The first-order chi connectivity index (χ1) is 9.33. The lowest BCUT2D eigenvalue weighted by atomic mass is 9.90. The Morgan fingerprint density at radius 1 is 1.26 bits per heavy atom. The summed E-state index contributed by atoms with van der Waals surface area (Å²) in [5.74, 6) is 0.905. The number of aryl methyl sites for hydroxylation is 1. The van der Waals surface area contributed by atoms with Gasteiger partial charge in [-0.05, 0) is 62.1 Å². The number of rotatable bonds is 3. The third-order valence-corrected chi connectivity index (χ3v) is 3.94. The average Bonchev–Trinajstić information content (AvgIpc) is 2.47. The van der Waals surface area contributed by atoms with Gasteiger partial charge >= 0.3 is 0 Å². The van der Waals surface area contributed by atoms with Crippen LogP contribution in [0.15, 0.2) is 18.2 Å². The van der Waals surface area contributed by atoms with Crippen LogP contribution in [-0.4, -0.2) is 19.1 Å². The first-order valence-electron chi connectivity index (χ1n) is 6.96. The lowest BCUT2D eigenvalue weighted by molar-refractivity contribution is 0.415. The van der Waals surface area contributed by atoms with E-state index in [4.69, 9.17) is 9.72 Å². The highest BCUT2D eigenvalue weighted by molar-refractivity contribution is 5.85. The van der Waals surface area contributed by atoms with Crippen LogP contribution in [0.2, 0.25) is 0 Å². The molecule has 1 aromatic heterocycles. The molecule has 0 unspecified atom stereocenters. The van der Waals surface area contributed by atoms with Gasteiger partial charge in [-0.3, -0.25) is 4.98 Å². The normalized spacial score (nSPS) is 14.4. The molecule has 100 valence electrons. The van der Waals surface area contributed by atoms with E-state index < -0.39 is 0 Å². The van der Waals surface area contributed by atoms with Crippen molar-refractivity contribution in [3.8, 4) is 5.75 Å². The zero-order valence-electron chi connectivity index (χ0n) is 11.6. The minimum absolute atomic E-state index is 0.897. The summed E-state index contributed by atoms with van der Waals surface area (Å²) in [4.78, 5) is 4.85. The molecule has 0 radical (unpaired) electrons. The number of nitrogens with zero attached hydrogens (tertiary/aromatic N) is 1. The predicted octanol–water partition coefficient (Wildman–Crippen LogP) is 2.84. The topological polar surface area (TPSA) is 34.2 Å². The van der Waals surface area contributed by atoms with Gasteiger partial charge in [-0.1, -0.05) is 0 Å². The summed E-state index contributed by atoms with van der Waals surface area (Å²) in [7, 11) is 3.71. The van der Waals surface area contributed by atoms with E-state index in [1.54, 1.807) is 7.11 Å². The quantitative estimate of drug-likeness (QED) is 0.917. The van der Waals surface area contributed by atoms with Crippen molar-refractivity contribution in [2.24, 2.45) is 0 Å². The fourth-order valence-electron chi connectivity index (χ4n) is 3.01. The first-order valence-corrected chi connectivity index (χ1v) is 6.96. The van der Waals surface area contributed by atoms with Crippen molar-refractivity contribution < 1.29 is 4.74 Å². The molecule has 3 heteroatoms. The van der Waals surface area contributed by atoms with Gasteiger partial charge in [0.25, 0.3) is 0 Å². The van der Waals surface area contributed by atoms with Gasteiger partial charge in [-0.2, -0.15) is 0 Å². The minimum Gasteiger partial charge on any atom is -0.497 e. The molecular formula is C16H20N2O. The Labute approximate surface area is 114 Å². The fourth-order valence-corrected chi connectivity index (χ4v) is 3.01. The second kappa shape index (κ2) is 5.17. The highest BCUT2D eigenvalue weighted by atomic mass is 16.5. The fraction of sp³-hybridized carbons (Fsp3) is 0.438. The molecule has 0 amide bonds. The molecule has 1 heterocycles. The maximum absolute atomic E-state index is 5.35. The molecule has 0 atom stereocenters. The molecule has 1 aromatic carbocycles. The minimum atomic E-state index is 0.897.